The van der Waals surface area contributed by atoms with Gasteiger partial charge in [-0.05, 0) is 114 Å². The number of carboxylic acid groups (broad SMARTS) is 1. The number of ether oxygens (including phenoxy) is 1. The molecule has 3 aliphatic heterocycles. The summed E-state index contributed by atoms with van der Waals surface area (Å²) in [6.45, 7) is 6.60. The second-order valence-electron chi connectivity index (χ2n) is 19.5. The zero-order valence-electron chi connectivity index (χ0n) is 44.0. The predicted molar refractivity (Wildman–Crippen MR) is 291 cm³/mol. The molecule has 3 aromatic heterocycles. The number of esters is 1. The lowest BCUT2D eigenvalue weighted by Gasteiger charge is -2.19. The molecule has 27 heteroatoms. The molecule has 6 heterocycles. The van der Waals surface area contributed by atoms with Crippen molar-refractivity contribution in [2.45, 2.75) is 84.5 Å². The third-order valence-electron chi connectivity index (χ3n) is 12.9. The number of Topliss-reactive ketones (excluding diaryl/α,β-unsaturated/α-hetero) is 3. The highest BCUT2D eigenvalue weighted by molar-refractivity contribution is 6.49. The molecule has 21 nitrogen and oxygen atoms in total. The number of carbonyl (C=O) groups excluding carboxylic acids is 8. The van der Waals surface area contributed by atoms with Crippen molar-refractivity contribution >= 4 is 105 Å². The van der Waals surface area contributed by atoms with E-state index >= 15 is 0 Å². The summed E-state index contributed by atoms with van der Waals surface area (Å²) in [6.07, 6.45) is 3.44. The lowest BCUT2D eigenvalue weighted by atomic mass is 10.1. The molecule has 426 valence electrons. The largest absolute Gasteiger partial charge is 0.475 e. The quantitative estimate of drug-likeness (QED) is 0.0434. The predicted octanol–water partition coefficient (Wildman–Crippen LogP) is 8.77. The zero-order valence-corrected chi connectivity index (χ0v) is 46.3. The number of benzene rings is 3. The SMILES string of the molecule is CC(C)(C)NC(=O)C(=O)c1c(Cl)c(C(=O)Nc2ccc(F)c(C#N)c2)n2c1CCC2.COC(=O)C(=O)c1c(Cl)c(C(=O)Nc2ccc(F)c(C#N)c2)n2c1CCC2.N#Cc1cc(NC(=O)c2c(Cl)c(C(=O)C(=O)O)c3n2CCC3)ccc1F. The van der Waals surface area contributed by atoms with Crippen LogP contribution < -0.4 is 21.3 Å². The Bertz CT molecular complexity index is 3930. The normalized spacial score (nSPS) is 12.5. The van der Waals surface area contributed by atoms with E-state index in [1.165, 1.54) is 34.9 Å². The maximum atomic E-state index is 13.5. The van der Waals surface area contributed by atoms with Crippen LogP contribution >= 0.6 is 34.8 Å². The van der Waals surface area contributed by atoms with Crippen LogP contribution in [-0.2, 0) is 58.0 Å². The zero-order chi connectivity index (χ0) is 60.9. The monoisotopic (exact) mass is 1190 g/mol. The first-order chi connectivity index (χ1) is 39.3. The van der Waals surface area contributed by atoms with Gasteiger partial charge >= 0.3 is 11.9 Å². The molecule has 3 aromatic carbocycles. The van der Waals surface area contributed by atoms with Crippen LogP contribution in [0.25, 0.3) is 0 Å². The van der Waals surface area contributed by atoms with E-state index in [1.54, 1.807) is 48.1 Å². The highest BCUT2D eigenvalue weighted by atomic mass is 35.5. The van der Waals surface area contributed by atoms with E-state index in [2.05, 4.69) is 26.0 Å². The van der Waals surface area contributed by atoms with Crippen molar-refractivity contribution in [3.8, 4) is 18.2 Å². The first-order valence-electron chi connectivity index (χ1n) is 24.8. The van der Waals surface area contributed by atoms with Gasteiger partial charge in [0.05, 0.1) is 55.6 Å². The van der Waals surface area contributed by atoms with E-state index < -0.39 is 75.9 Å². The van der Waals surface area contributed by atoms with Crippen LogP contribution in [-0.4, -0.2) is 84.4 Å². The molecule has 0 fully saturated rings. The van der Waals surface area contributed by atoms with Gasteiger partial charge < -0.3 is 44.8 Å². The minimum atomic E-state index is -1.66. The minimum Gasteiger partial charge on any atom is -0.475 e. The smallest absolute Gasteiger partial charge is 0.379 e. The van der Waals surface area contributed by atoms with Gasteiger partial charge in [-0.2, -0.15) is 15.8 Å². The number of nitrogens with zero attached hydrogens (tertiary/aromatic N) is 6. The fourth-order valence-electron chi connectivity index (χ4n) is 9.44. The second kappa shape index (κ2) is 25.1. The fourth-order valence-corrected chi connectivity index (χ4v) is 10.6. The van der Waals surface area contributed by atoms with E-state index in [-0.39, 0.29) is 82.6 Å². The number of halogens is 6. The number of carboxylic acids is 1. The number of methoxy groups -OCH3 is 1. The summed E-state index contributed by atoms with van der Waals surface area (Å²) in [6, 6.07) is 15.7. The van der Waals surface area contributed by atoms with E-state index in [0.717, 1.165) is 31.4 Å². The van der Waals surface area contributed by atoms with Crippen molar-refractivity contribution in [2.75, 3.05) is 23.1 Å². The average Bonchev–Trinajstić information content (AvgIpc) is 2.24. The third kappa shape index (κ3) is 12.7. The molecule has 0 unspecified atom stereocenters. The van der Waals surface area contributed by atoms with Gasteiger partial charge in [0.2, 0.25) is 0 Å². The Morgan fingerprint density at radius 1 is 0.542 bits per heavy atom. The van der Waals surface area contributed by atoms with Gasteiger partial charge in [-0.15, -0.1) is 0 Å². The number of nitriles is 3. The maximum Gasteiger partial charge on any atom is 0.379 e. The Labute approximate surface area is 484 Å². The van der Waals surface area contributed by atoms with E-state index in [1.807, 2.05) is 0 Å². The van der Waals surface area contributed by atoms with Crippen molar-refractivity contribution in [3.05, 3.63) is 155 Å². The second-order valence-corrected chi connectivity index (χ2v) is 20.6. The van der Waals surface area contributed by atoms with Crippen LogP contribution in [0.3, 0.4) is 0 Å². The number of ketones is 3. The van der Waals surface area contributed by atoms with E-state index in [0.29, 0.717) is 75.2 Å². The summed E-state index contributed by atoms with van der Waals surface area (Å²) >= 11 is 18.8. The maximum absolute atomic E-state index is 13.5. The molecule has 0 radical (unpaired) electrons. The molecule has 0 saturated heterocycles. The van der Waals surface area contributed by atoms with Crippen LogP contribution in [0.5, 0.6) is 0 Å². The molecule has 5 N–H and O–H groups in total. The lowest BCUT2D eigenvalue weighted by molar-refractivity contribution is -0.135. The van der Waals surface area contributed by atoms with Crippen molar-refractivity contribution in [1.29, 1.82) is 15.8 Å². The third-order valence-corrected chi connectivity index (χ3v) is 14.0. The van der Waals surface area contributed by atoms with Gasteiger partial charge in [-0.25, -0.2) is 22.8 Å². The Morgan fingerprint density at radius 3 is 1.14 bits per heavy atom. The fraction of sp³-hybridized carbons (Fsp3) is 0.250. The number of aliphatic carboxylic acids is 1. The molecule has 6 aromatic rings. The molecule has 83 heavy (non-hydrogen) atoms. The van der Waals surface area contributed by atoms with Crippen molar-refractivity contribution in [1.82, 2.24) is 19.0 Å². The summed E-state index contributed by atoms with van der Waals surface area (Å²) in [4.78, 5) is 110. The van der Waals surface area contributed by atoms with Crippen LogP contribution in [0.4, 0.5) is 30.2 Å². The number of carbonyl (C=O) groups is 9. The standard InChI is InChI=1S/C21H20ClFN4O3.C18H13ClFN3O4.C17H11ClFN3O4/c1-21(2,3)26-20(30)18(28)15-14-5-4-8-27(14)17(16(15)22)19(29)25-12-6-7-13(23)11(9-12)10-24;1-27-18(26)16(24)13-12-3-2-6-23(12)15(14(13)19)17(25)22-10-4-5-11(20)9(7-10)8-21;18-13-12(15(23)17(25)26)11-2-1-5-22(11)14(13)16(24)21-9-3-4-10(19)8(6-9)7-20/h6-7,9H,4-5,8H2,1-3H3,(H,25,29)(H,26,30);4-5,7H,2-3,6H2,1H3,(H,22,25);3-4,6H,1-2,5H2,(H,21,24)(H,25,26). The molecule has 3 aliphatic rings. The number of anilines is 3. The number of hydrogen-bond acceptors (Lipinski definition) is 13. The summed E-state index contributed by atoms with van der Waals surface area (Å²) in [5, 5.41) is 45.4. The number of hydrogen-bond donors (Lipinski definition) is 5. The van der Waals surface area contributed by atoms with Gasteiger partial charge in [0, 0.05) is 59.3 Å². The van der Waals surface area contributed by atoms with Gasteiger partial charge in [-0.3, -0.25) is 33.6 Å². The number of rotatable bonds is 12. The van der Waals surface area contributed by atoms with Crippen LogP contribution in [0, 0.1) is 51.4 Å². The Balaban J connectivity index is 0.000000179. The molecule has 0 atom stereocenters. The highest BCUT2D eigenvalue weighted by Gasteiger charge is 2.38. The molecule has 0 saturated carbocycles. The summed E-state index contributed by atoms with van der Waals surface area (Å²) < 4.78 is 49.5. The number of amides is 4. The first kappa shape index (κ1) is 61.1. The van der Waals surface area contributed by atoms with E-state index in [9.17, 15) is 56.3 Å². The Kier molecular flexibility index (Phi) is 18.5. The summed E-state index contributed by atoms with van der Waals surface area (Å²) in [5.41, 5.74) is 0.588. The highest BCUT2D eigenvalue weighted by Crippen LogP contribution is 2.37. The lowest BCUT2D eigenvalue weighted by Crippen LogP contribution is -2.44. The van der Waals surface area contributed by atoms with Crippen molar-refractivity contribution in [2.24, 2.45) is 0 Å². The first-order valence-corrected chi connectivity index (χ1v) is 25.9. The van der Waals surface area contributed by atoms with Crippen molar-refractivity contribution in [3.63, 3.8) is 0 Å². The van der Waals surface area contributed by atoms with Gasteiger partial charge in [0.15, 0.2) is 0 Å². The number of aromatic nitrogens is 3. The van der Waals surface area contributed by atoms with Crippen LogP contribution in [0.2, 0.25) is 15.1 Å². The van der Waals surface area contributed by atoms with Gasteiger partial charge in [0.25, 0.3) is 41.0 Å². The van der Waals surface area contributed by atoms with Crippen molar-refractivity contribution < 1.29 is 66.2 Å². The molecule has 0 spiro atoms. The van der Waals surface area contributed by atoms with Gasteiger partial charge in [-0.1, -0.05) is 34.8 Å². The number of nitrogens with one attached hydrogen (secondary N) is 4. The molecular formula is C56H44Cl3F3N10O11. The molecular weight excluding hydrogens is 1150 g/mol. The van der Waals surface area contributed by atoms with Crippen LogP contribution in [0.15, 0.2) is 54.6 Å². The molecule has 4 amide bonds. The summed E-state index contributed by atoms with van der Waals surface area (Å²) in [7, 11) is 1.08. The Morgan fingerprint density at radius 2 is 0.855 bits per heavy atom. The number of fused-ring (bicyclic) bond motifs is 3. The molecule has 0 bridgehead atoms. The minimum absolute atomic E-state index is 0.0258. The summed E-state index contributed by atoms with van der Waals surface area (Å²) in [5.74, 6) is -10.5. The van der Waals surface area contributed by atoms with Crippen LogP contribution in [0.1, 0.15) is 136 Å². The van der Waals surface area contributed by atoms with Gasteiger partial charge in [0.1, 0.15) is 52.7 Å². The molecule has 9 rings (SSSR count). The Hall–Kier alpha value is -9.54. The average molecular weight is 1200 g/mol. The topological polar surface area (TPSA) is 317 Å². The van der Waals surface area contributed by atoms with E-state index in [4.69, 9.17) is 55.7 Å². The molecule has 0 aliphatic carbocycles.